The Kier molecular flexibility index (Phi) is 6.18. The lowest BCUT2D eigenvalue weighted by molar-refractivity contribution is -0.671. The van der Waals surface area contributed by atoms with Crippen LogP contribution in [0, 0.1) is 0 Å². The van der Waals surface area contributed by atoms with Crippen LogP contribution in [-0.4, -0.2) is 5.78 Å². The van der Waals surface area contributed by atoms with E-state index in [9.17, 15) is 4.79 Å². The first kappa shape index (κ1) is 15.9. The van der Waals surface area contributed by atoms with Crippen LogP contribution in [0.25, 0.3) is 6.08 Å². The third kappa shape index (κ3) is 4.44. The van der Waals surface area contributed by atoms with Gasteiger partial charge < -0.3 is 0 Å². The molecule has 0 atom stereocenters. The zero-order valence-corrected chi connectivity index (χ0v) is 13.5. The highest BCUT2D eigenvalue weighted by Crippen LogP contribution is 2.16. The molecule has 1 aromatic carbocycles. The number of halogens is 2. The van der Waals surface area contributed by atoms with Gasteiger partial charge in [0.25, 0.3) is 0 Å². The molecule has 4 heteroatoms. The second kappa shape index (κ2) is 7.40. The molecule has 2 aromatic rings. The van der Waals surface area contributed by atoms with Crippen molar-refractivity contribution >= 4 is 47.4 Å². The van der Waals surface area contributed by atoms with Crippen molar-refractivity contribution in [1.29, 1.82) is 0 Å². The Balaban J connectivity index is 0.00000180. The first-order valence-electron chi connectivity index (χ1n) is 5.59. The summed E-state index contributed by atoms with van der Waals surface area (Å²) in [6.07, 6.45) is 6.95. The maximum Gasteiger partial charge on any atom is 0.191 e. The summed E-state index contributed by atoms with van der Waals surface area (Å²) in [6.45, 7) is 0. The van der Waals surface area contributed by atoms with Crippen LogP contribution in [0.15, 0.2) is 54.9 Å². The van der Waals surface area contributed by atoms with Gasteiger partial charge >= 0.3 is 0 Å². The molecule has 19 heavy (non-hydrogen) atoms. The Morgan fingerprint density at radius 3 is 2.63 bits per heavy atom. The Morgan fingerprint density at radius 1 is 1.21 bits per heavy atom. The molecule has 0 saturated carbocycles. The van der Waals surface area contributed by atoms with Crippen molar-refractivity contribution in [2.45, 2.75) is 0 Å². The van der Waals surface area contributed by atoms with Gasteiger partial charge in [0.2, 0.25) is 0 Å². The van der Waals surface area contributed by atoms with E-state index in [0.717, 1.165) is 5.56 Å². The number of hydrogen-bond acceptors (Lipinski definition) is 1. The standard InChI is InChI=1S/C15H13ClNO.HI/c1-17-10-4-6-13(11-17)15(18)9-8-12-5-2-3-7-14(12)16;/h2-11H,1H3;1H/q+1;. The maximum absolute atomic E-state index is 11.9. The molecule has 0 unspecified atom stereocenters. The molecule has 98 valence electrons. The van der Waals surface area contributed by atoms with Gasteiger partial charge in [-0.3, -0.25) is 4.79 Å². The van der Waals surface area contributed by atoms with E-state index in [0.29, 0.717) is 10.6 Å². The second-order valence-corrected chi connectivity index (χ2v) is 4.38. The van der Waals surface area contributed by atoms with Crippen molar-refractivity contribution in [2.75, 3.05) is 0 Å². The van der Waals surface area contributed by atoms with Crippen molar-refractivity contribution in [3.8, 4) is 0 Å². The van der Waals surface area contributed by atoms with Crippen LogP contribution in [0.5, 0.6) is 0 Å². The number of hydrogen-bond donors (Lipinski definition) is 0. The lowest BCUT2D eigenvalue weighted by Crippen LogP contribution is -2.27. The van der Waals surface area contributed by atoms with Crippen LogP contribution in [0.4, 0.5) is 0 Å². The second-order valence-electron chi connectivity index (χ2n) is 3.98. The van der Waals surface area contributed by atoms with E-state index in [4.69, 9.17) is 11.6 Å². The fraction of sp³-hybridized carbons (Fsp3) is 0.0667. The fourth-order valence-electron chi connectivity index (χ4n) is 1.61. The lowest BCUT2D eigenvalue weighted by atomic mass is 10.1. The number of allylic oxidation sites excluding steroid dienone is 1. The van der Waals surface area contributed by atoms with Crippen molar-refractivity contribution in [3.63, 3.8) is 0 Å². The van der Waals surface area contributed by atoms with Crippen molar-refractivity contribution in [2.24, 2.45) is 7.05 Å². The molecule has 0 saturated heterocycles. The summed E-state index contributed by atoms with van der Waals surface area (Å²) in [5, 5.41) is 0.639. The molecule has 2 nitrogen and oxygen atoms in total. The minimum atomic E-state index is -0.0360. The Labute approximate surface area is 134 Å². The fourth-order valence-corrected chi connectivity index (χ4v) is 1.80. The van der Waals surface area contributed by atoms with Crippen molar-refractivity contribution < 1.29 is 9.36 Å². The minimum Gasteiger partial charge on any atom is -0.289 e. The molecule has 0 N–H and O–H groups in total. The SMILES string of the molecule is C[n+]1cccc(C(=O)C=Cc2ccccc2Cl)c1.I. The van der Waals surface area contributed by atoms with E-state index < -0.39 is 0 Å². The third-order valence-corrected chi connectivity index (χ3v) is 2.89. The molecule has 0 amide bonds. The molecular weight excluding hydrogens is 373 g/mol. The van der Waals surface area contributed by atoms with E-state index in [1.807, 2.05) is 42.1 Å². The highest BCUT2D eigenvalue weighted by atomic mass is 127. The van der Waals surface area contributed by atoms with E-state index in [1.54, 1.807) is 24.4 Å². The average Bonchev–Trinajstić information content (AvgIpc) is 2.37. The highest BCUT2D eigenvalue weighted by molar-refractivity contribution is 14.0. The van der Waals surface area contributed by atoms with Gasteiger partial charge in [0, 0.05) is 11.1 Å². The maximum atomic E-state index is 11.9. The summed E-state index contributed by atoms with van der Waals surface area (Å²) in [7, 11) is 1.88. The smallest absolute Gasteiger partial charge is 0.191 e. The molecule has 0 aliphatic carbocycles. The number of rotatable bonds is 3. The predicted molar refractivity (Wildman–Crippen MR) is 87.8 cm³/mol. The van der Waals surface area contributed by atoms with Gasteiger partial charge in [-0.25, -0.2) is 4.57 Å². The zero-order chi connectivity index (χ0) is 13.0. The average molecular weight is 387 g/mol. The van der Waals surface area contributed by atoms with Crippen molar-refractivity contribution in [3.05, 3.63) is 71.0 Å². The molecule has 0 spiro atoms. The Morgan fingerprint density at radius 2 is 1.95 bits per heavy atom. The van der Waals surface area contributed by atoms with Gasteiger partial charge in [-0.2, -0.15) is 0 Å². The molecule has 2 rings (SSSR count). The zero-order valence-electron chi connectivity index (χ0n) is 10.4. The van der Waals surface area contributed by atoms with Crippen molar-refractivity contribution in [1.82, 2.24) is 0 Å². The lowest BCUT2D eigenvalue weighted by Gasteiger charge is -1.96. The Hall–Kier alpha value is -1.20. The van der Waals surface area contributed by atoms with E-state index >= 15 is 0 Å². The highest BCUT2D eigenvalue weighted by Gasteiger charge is 2.05. The van der Waals surface area contributed by atoms with Crippen LogP contribution < -0.4 is 4.57 Å². The van der Waals surface area contributed by atoms with Crippen LogP contribution in [0.1, 0.15) is 15.9 Å². The topological polar surface area (TPSA) is 20.9 Å². The van der Waals surface area contributed by atoms with Crippen LogP contribution in [0.3, 0.4) is 0 Å². The van der Waals surface area contributed by atoms with Gasteiger partial charge in [0.15, 0.2) is 18.2 Å². The summed E-state index contributed by atoms with van der Waals surface area (Å²) in [5.74, 6) is -0.0360. The molecular formula is C15H14ClINO+. The monoisotopic (exact) mass is 386 g/mol. The van der Waals surface area contributed by atoms with Gasteiger partial charge in [-0.15, -0.1) is 24.0 Å². The van der Waals surface area contributed by atoms with Gasteiger partial charge in [-0.1, -0.05) is 29.8 Å². The van der Waals surface area contributed by atoms with Crippen LogP contribution >= 0.6 is 35.6 Å². The van der Waals surface area contributed by atoms with E-state index in [1.165, 1.54) is 6.08 Å². The number of aromatic nitrogens is 1. The molecule has 1 heterocycles. The number of pyridine rings is 1. The number of carbonyl (C=O) groups excluding carboxylic acids is 1. The summed E-state index contributed by atoms with van der Waals surface area (Å²) >= 11 is 6.01. The molecule has 0 fully saturated rings. The molecule has 0 radical (unpaired) electrons. The summed E-state index contributed by atoms with van der Waals surface area (Å²) in [5.41, 5.74) is 1.50. The number of nitrogens with zero attached hydrogens (tertiary/aromatic N) is 1. The van der Waals surface area contributed by atoms with Crippen LogP contribution in [-0.2, 0) is 7.05 Å². The third-order valence-electron chi connectivity index (χ3n) is 2.54. The summed E-state index contributed by atoms with van der Waals surface area (Å²) in [4.78, 5) is 11.9. The molecule has 0 aliphatic heterocycles. The normalized spacial score (nSPS) is 10.2. The molecule has 0 aliphatic rings. The minimum absolute atomic E-state index is 0. The quantitative estimate of drug-likeness (QED) is 0.341. The predicted octanol–water partition coefficient (Wildman–Crippen LogP) is 3.68. The van der Waals surface area contributed by atoms with Crippen LogP contribution in [0.2, 0.25) is 5.02 Å². The number of benzene rings is 1. The number of carbonyl (C=O) groups is 1. The van der Waals surface area contributed by atoms with Gasteiger partial charge in [-0.05, 0) is 29.8 Å². The summed E-state index contributed by atoms with van der Waals surface area (Å²) in [6, 6.07) is 11.1. The summed E-state index contributed by atoms with van der Waals surface area (Å²) < 4.78 is 1.84. The first-order chi connectivity index (χ1) is 8.66. The number of ketones is 1. The van der Waals surface area contributed by atoms with E-state index in [2.05, 4.69) is 0 Å². The number of aryl methyl sites for hydroxylation is 1. The first-order valence-corrected chi connectivity index (χ1v) is 5.97. The largest absolute Gasteiger partial charge is 0.289 e. The van der Waals surface area contributed by atoms with Gasteiger partial charge in [0.05, 0.1) is 5.56 Å². The Bertz CT molecular complexity index is 611. The van der Waals surface area contributed by atoms with E-state index in [-0.39, 0.29) is 29.8 Å². The molecule has 0 bridgehead atoms. The molecule has 1 aromatic heterocycles. The van der Waals surface area contributed by atoms with Gasteiger partial charge in [0.1, 0.15) is 7.05 Å².